The number of alkyl halides is 6. The molecule has 0 saturated heterocycles. The number of rotatable bonds is 2. The molecule has 19 heavy (non-hydrogen) atoms. The Bertz CT molecular complexity index is 480. The summed E-state index contributed by atoms with van der Waals surface area (Å²) in [7, 11) is 0. The van der Waals surface area contributed by atoms with E-state index in [1.807, 2.05) is 0 Å². The molecule has 2 nitrogen and oxygen atoms in total. The van der Waals surface area contributed by atoms with Crippen molar-refractivity contribution < 1.29 is 36.2 Å². The van der Waals surface area contributed by atoms with Gasteiger partial charge in [0, 0.05) is 16.1 Å². The van der Waals surface area contributed by atoms with Gasteiger partial charge in [-0.2, -0.15) is 26.3 Å². The van der Waals surface area contributed by atoms with E-state index in [9.17, 15) is 31.1 Å². The van der Waals surface area contributed by atoms with Crippen molar-refractivity contribution in [2.24, 2.45) is 0 Å². The summed E-state index contributed by atoms with van der Waals surface area (Å²) in [6.45, 7) is 0. The van der Waals surface area contributed by atoms with Crippen LogP contribution in [0.1, 0.15) is 15.9 Å². The van der Waals surface area contributed by atoms with Crippen LogP contribution < -0.4 is 0 Å². The molecule has 0 aliphatic carbocycles. The molecular formula is C10H5ClF6O2. The third-order valence-electron chi connectivity index (χ3n) is 2.29. The van der Waals surface area contributed by atoms with E-state index in [2.05, 4.69) is 0 Å². The van der Waals surface area contributed by atoms with Gasteiger partial charge in [-0.1, -0.05) is 11.6 Å². The van der Waals surface area contributed by atoms with Gasteiger partial charge in [0.05, 0.1) is 0 Å². The van der Waals surface area contributed by atoms with Crippen LogP contribution in [0.5, 0.6) is 0 Å². The minimum atomic E-state index is -6.02. The first-order valence-corrected chi connectivity index (χ1v) is 4.93. The molecular weight excluding hydrogens is 302 g/mol. The standard InChI is InChI=1S/C10H5ClF6O2/c11-7-2-5(4-18)1-6(3-7)8(19,9(12,13)14)10(15,16)17/h1-4,19H. The number of carbonyl (C=O) groups is 1. The maximum absolute atomic E-state index is 12.6. The van der Waals surface area contributed by atoms with Crippen molar-refractivity contribution in [3.8, 4) is 0 Å². The second-order valence-corrected chi connectivity index (χ2v) is 4.03. The van der Waals surface area contributed by atoms with E-state index < -0.39 is 34.1 Å². The molecule has 0 amide bonds. The Labute approximate surface area is 107 Å². The highest BCUT2D eigenvalue weighted by Crippen LogP contribution is 2.50. The molecule has 0 heterocycles. The Kier molecular flexibility index (Phi) is 3.88. The first-order chi connectivity index (χ1) is 8.43. The largest absolute Gasteiger partial charge is 0.430 e. The molecule has 106 valence electrons. The molecule has 0 bridgehead atoms. The number of halogens is 7. The Hall–Kier alpha value is -1.28. The summed E-state index contributed by atoms with van der Waals surface area (Å²) in [5.41, 5.74) is -7.18. The zero-order chi connectivity index (χ0) is 15.1. The lowest BCUT2D eigenvalue weighted by molar-refractivity contribution is -0.376. The Morgan fingerprint density at radius 3 is 1.84 bits per heavy atom. The summed E-state index contributed by atoms with van der Waals surface area (Å²) in [6.07, 6.45) is -12.0. The zero-order valence-corrected chi connectivity index (χ0v) is 9.57. The van der Waals surface area contributed by atoms with E-state index in [0.29, 0.717) is 6.07 Å². The van der Waals surface area contributed by atoms with Crippen LogP contribution in [-0.4, -0.2) is 23.7 Å². The van der Waals surface area contributed by atoms with Gasteiger partial charge in [-0.15, -0.1) is 0 Å². The van der Waals surface area contributed by atoms with E-state index in [4.69, 9.17) is 16.7 Å². The fourth-order valence-corrected chi connectivity index (χ4v) is 1.62. The van der Waals surface area contributed by atoms with Gasteiger partial charge in [-0.25, -0.2) is 0 Å². The van der Waals surface area contributed by atoms with E-state index in [-0.39, 0.29) is 12.4 Å². The number of aliphatic hydroxyl groups is 1. The SMILES string of the molecule is O=Cc1cc(Cl)cc(C(O)(C(F)(F)F)C(F)(F)F)c1. The van der Waals surface area contributed by atoms with Crippen molar-refractivity contribution in [3.63, 3.8) is 0 Å². The summed E-state index contributed by atoms with van der Waals surface area (Å²) in [5, 5.41) is 8.54. The normalized spacial score (nSPS) is 13.5. The van der Waals surface area contributed by atoms with Crippen molar-refractivity contribution in [3.05, 3.63) is 34.3 Å². The monoisotopic (exact) mass is 306 g/mol. The molecule has 9 heteroatoms. The van der Waals surface area contributed by atoms with Gasteiger partial charge >= 0.3 is 12.4 Å². The van der Waals surface area contributed by atoms with Gasteiger partial charge in [0.25, 0.3) is 5.60 Å². The van der Waals surface area contributed by atoms with Crippen molar-refractivity contribution in [2.75, 3.05) is 0 Å². The lowest BCUT2D eigenvalue weighted by atomic mass is 9.91. The Balaban J connectivity index is 3.60. The number of hydrogen-bond donors (Lipinski definition) is 1. The van der Waals surface area contributed by atoms with E-state index >= 15 is 0 Å². The first kappa shape index (κ1) is 15.8. The van der Waals surface area contributed by atoms with Crippen LogP contribution in [0.25, 0.3) is 0 Å². The Morgan fingerprint density at radius 1 is 1.00 bits per heavy atom. The molecule has 0 fully saturated rings. The summed E-state index contributed by atoms with van der Waals surface area (Å²) < 4.78 is 75.3. The van der Waals surface area contributed by atoms with Crippen molar-refractivity contribution in [1.82, 2.24) is 0 Å². The average molecular weight is 307 g/mol. The topological polar surface area (TPSA) is 37.3 Å². The van der Waals surface area contributed by atoms with Gasteiger partial charge in [0.15, 0.2) is 0 Å². The third kappa shape index (κ3) is 2.69. The first-order valence-electron chi connectivity index (χ1n) is 4.55. The van der Waals surface area contributed by atoms with Crippen molar-refractivity contribution in [1.29, 1.82) is 0 Å². The van der Waals surface area contributed by atoms with Gasteiger partial charge in [0.1, 0.15) is 6.29 Å². The van der Waals surface area contributed by atoms with Gasteiger partial charge in [-0.3, -0.25) is 4.79 Å². The van der Waals surface area contributed by atoms with Crippen molar-refractivity contribution in [2.45, 2.75) is 18.0 Å². The predicted molar refractivity (Wildman–Crippen MR) is 52.8 cm³/mol. The van der Waals surface area contributed by atoms with Crippen LogP contribution in [-0.2, 0) is 5.60 Å². The summed E-state index contributed by atoms with van der Waals surface area (Å²) >= 11 is 5.33. The molecule has 0 aliphatic heterocycles. The third-order valence-corrected chi connectivity index (χ3v) is 2.51. The summed E-state index contributed by atoms with van der Waals surface area (Å²) in [6, 6.07) is 1.45. The minimum absolute atomic E-state index is 0.0164. The smallest absolute Gasteiger partial charge is 0.369 e. The fraction of sp³-hybridized carbons (Fsp3) is 0.300. The molecule has 0 spiro atoms. The number of carbonyl (C=O) groups excluding carboxylic acids is 1. The second kappa shape index (κ2) is 4.68. The molecule has 1 aromatic carbocycles. The Morgan fingerprint density at radius 2 is 1.47 bits per heavy atom. The predicted octanol–water partition coefficient (Wildman–Crippen LogP) is 3.46. The maximum Gasteiger partial charge on any atom is 0.430 e. The highest BCUT2D eigenvalue weighted by atomic mass is 35.5. The van der Waals surface area contributed by atoms with Crippen LogP contribution in [0.2, 0.25) is 5.02 Å². The zero-order valence-electron chi connectivity index (χ0n) is 8.81. The molecule has 0 radical (unpaired) electrons. The van der Waals surface area contributed by atoms with Crippen LogP contribution in [0, 0.1) is 0 Å². The van der Waals surface area contributed by atoms with E-state index in [1.54, 1.807) is 0 Å². The number of benzene rings is 1. The number of aldehydes is 1. The molecule has 1 aromatic rings. The molecule has 0 aliphatic rings. The van der Waals surface area contributed by atoms with Crippen LogP contribution in [0.15, 0.2) is 18.2 Å². The summed E-state index contributed by atoms with van der Waals surface area (Å²) in [4.78, 5) is 10.4. The average Bonchev–Trinajstić information content (AvgIpc) is 2.23. The molecule has 0 atom stereocenters. The van der Waals surface area contributed by atoms with Gasteiger partial charge in [0.2, 0.25) is 0 Å². The lowest BCUT2D eigenvalue weighted by Gasteiger charge is -2.32. The second-order valence-electron chi connectivity index (χ2n) is 3.60. The van der Waals surface area contributed by atoms with Crippen LogP contribution in [0.3, 0.4) is 0 Å². The lowest BCUT2D eigenvalue weighted by Crippen LogP contribution is -2.54. The molecule has 0 aromatic heterocycles. The highest BCUT2D eigenvalue weighted by Gasteiger charge is 2.71. The highest BCUT2D eigenvalue weighted by molar-refractivity contribution is 6.30. The molecule has 0 saturated carbocycles. The van der Waals surface area contributed by atoms with Gasteiger partial charge < -0.3 is 5.11 Å². The molecule has 1 N–H and O–H groups in total. The minimum Gasteiger partial charge on any atom is -0.369 e. The van der Waals surface area contributed by atoms with Crippen molar-refractivity contribution >= 4 is 17.9 Å². The van der Waals surface area contributed by atoms with Crippen LogP contribution in [0.4, 0.5) is 26.3 Å². The number of hydrogen-bond acceptors (Lipinski definition) is 2. The van der Waals surface area contributed by atoms with Crippen LogP contribution >= 0.6 is 11.6 Å². The quantitative estimate of drug-likeness (QED) is 0.671. The van der Waals surface area contributed by atoms with Gasteiger partial charge in [-0.05, 0) is 18.2 Å². The molecule has 0 unspecified atom stereocenters. The van der Waals surface area contributed by atoms with E-state index in [1.165, 1.54) is 0 Å². The maximum atomic E-state index is 12.6. The van der Waals surface area contributed by atoms with E-state index in [0.717, 1.165) is 6.07 Å². The fourth-order valence-electron chi connectivity index (χ4n) is 1.38. The summed E-state index contributed by atoms with van der Waals surface area (Å²) in [5.74, 6) is 0. The molecule has 1 rings (SSSR count).